The Labute approximate surface area is 110 Å². The summed E-state index contributed by atoms with van der Waals surface area (Å²) in [5.41, 5.74) is 9.80. The van der Waals surface area contributed by atoms with E-state index in [-0.39, 0.29) is 0 Å². The van der Waals surface area contributed by atoms with E-state index in [0.29, 0.717) is 0 Å². The maximum atomic E-state index is 5.70. The molecule has 0 bridgehead atoms. The molecule has 0 radical (unpaired) electrons. The van der Waals surface area contributed by atoms with Crippen molar-refractivity contribution in [1.29, 1.82) is 0 Å². The van der Waals surface area contributed by atoms with Crippen LogP contribution in [0.25, 0.3) is 16.9 Å². The van der Waals surface area contributed by atoms with E-state index in [2.05, 4.69) is 22.1 Å². The molecule has 3 aromatic rings. The molecular weight excluding hydrogens is 238 g/mol. The number of pyridine rings is 1. The van der Waals surface area contributed by atoms with Gasteiger partial charge >= 0.3 is 0 Å². The fourth-order valence-corrected chi connectivity index (χ4v) is 1.97. The Hall–Kier alpha value is -2.69. The van der Waals surface area contributed by atoms with Gasteiger partial charge in [0.2, 0.25) is 0 Å². The van der Waals surface area contributed by atoms with E-state index >= 15 is 0 Å². The molecule has 2 heterocycles. The first-order valence-corrected chi connectivity index (χ1v) is 5.91. The summed E-state index contributed by atoms with van der Waals surface area (Å²) in [6.07, 6.45) is 5.12. The van der Waals surface area contributed by atoms with Gasteiger partial charge in [-0.25, -0.2) is 4.98 Å². The number of hydrogen-bond acceptors (Lipinski definition) is 4. The van der Waals surface area contributed by atoms with E-state index in [1.54, 1.807) is 17.2 Å². The first-order chi connectivity index (χ1) is 9.24. The third-order valence-corrected chi connectivity index (χ3v) is 3.00. The van der Waals surface area contributed by atoms with Gasteiger partial charge in [0.15, 0.2) is 0 Å². The number of nitrogens with zero attached hydrogens (tertiary/aromatic N) is 4. The number of rotatable bonds is 2. The second-order valence-electron chi connectivity index (χ2n) is 4.35. The second kappa shape index (κ2) is 4.53. The summed E-state index contributed by atoms with van der Waals surface area (Å²) in [4.78, 5) is 4.43. The molecule has 0 amide bonds. The van der Waals surface area contributed by atoms with Crippen molar-refractivity contribution >= 4 is 5.69 Å². The number of benzene rings is 1. The molecule has 5 heteroatoms. The third-order valence-electron chi connectivity index (χ3n) is 3.00. The lowest BCUT2D eigenvalue weighted by molar-refractivity contribution is 0.987. The van der Waals surface area contributed by atoms with Gasteiger partial charge in [0.25, 0.3) is 0 Å². The van der Waals surface area contributed by atoms with Gasteiger partial charge in [0.05, 0.1) is 0 Å². The summed E-state index contributed by atoms with van der Waals surface area (Å²) in [6, 6.07) is 9.79. The molecule has 0 aliphatic carbocycles. The average molecular weight is 251 g/mol. The van der Waals surface area contributed by atoms with Crippen LogP contribution in [0.2, 0.25) is 0 Å². The Morgan fingerprint density at radius 2 is 1.74 bits per heavy atom. The summed E-state index contributed by atoms with van der Waals surface area (Å²) in [5.74, 6) is 0.807. The maximum Gasteiger partial charge on any atom is 0.139 e. The first-order valence-electron chi connectivity index (χ1n) is 5.91. The van der Waals surface area contributed by atoms with Crippen molar-refractivity contribution in [2.75, 3.05) is 5.73 Å². The van der Waals surface area contributed by atoms with Gasteiger partial charge in [-0.05, 0) is 36.2 Å². The number of nitrogens with two attached hydrogens (primary N) is 1. The lowest BCUT2D eigenvalue weighted by atomic mass is 10.0. The smallest absolute Gasteiger partial charge is 0.139 e. The lowest BCUT2D eigenvalue weighted by Crippen LogP contribution is -1.96. The number of nitrogen functional groups attached to an aromatic ring is 1. The molecule has 0 fully saturated rings. The first kappa shape index (κ1) is 11.4. The molecule has 1 aromatic carbocycles. The minimum absolute atomic E-state index is 0.760. The summed E-state index contributed by atoms with van der Waals surface area (Å²) in [7, 11) is 0. The molecule has 0 spiro atoms. The molecule has 5 nitrogen and oxygen atoms in total. The molecule has 94 valence electrons. The normalized spacial score (nSPS) is 10.6. The Balaban J connectivity index is 2.03. The molecule has 0 saturated heterocycles. The Bertz CT molecular complexity index is 686. The van der Waals surface area contributed by atoms with Crippen molar-refractivity contribution in [3.63, 3.8) is 0 Å². The molecule has 3 rings (SSSR count). The molecule has 0 aliphatic heterocycles. The van der Waals surface area contributed by atoms with Crippen LogP contribution < -0.4 is 5.73 Å². The highest BCUT2D eigenvalue weighted by Gasteiger charge is 2.05. The van der Waals surface area contributed by atoms with E-state index < -0.39 is 0 Å². The van der Waals surface area contributed by atoms with E-state index in [0.717, 1.165) is 28.2 Å². The molecule has 2 N–H and O–H groups in total. The predicted molar refractivity (Wildman–Crippen MR) is 73.7 cm³/mol. The van der Waals surface area contributed by atoms with E-state index in [1.807, 2.05) is 36.5 Å². The zero-order valence-corrected chi connectivity index (χ0v) is 10.5. The van der Waals surface area contributed by atoms with Crippen LogP contribution in [0.5, 0.6) is 0 Å². The Morgan fingerprint density at radius 1 is 1.05 bits per heavy atom. The fraction of sp³-hybridized carbons (Fsp3) is 0.0714. The van der Waals surface area contributed by atoms with Gasteiger partial charge in [-0.1, -0.05) is 12.1 Å². The monoisotopic (exact) mass is 251 g/mol. The van der Waals surface area contributed by atoms with Crippen LogP contribution in [0.15, 0.2) is 49.2 Å². The van der Waals surface area contributed by atoms with Gasteiger partial charge in [-0.15, -0.1) is 10.2 Å². The van der Waals surface area contributed by atoms with Gasteiger partial charge in [-0.3, -0.25) is 4.57 Å². The summed E-state index contributed by atoms with van der Waals surface area (Å²) in [5, 5.41) is 7.56. The third kappa shape index (κ3) is 2.18. The predicted octanol–water partition coefficient (Wildman–Crippen LogP) is 2.22. The maximum absolute atomic E-state index is 5.70. The van der Waals surface area contributed by atoms with Crippen molar-refractivity contribution < 1.29 is 0 Å². The number of aryl methyl sites for hydroxylation is 1. The zero-order chi connectivity index (χ0) is 13.2. The topological polar surface area (TPSA) is 69.6 Å². The molecule has 19 heavy (non-hydrogen) atoms. The van der Waals surface area contributed by atoms with Gasteiger partial charge in [-0.2, -0.15) is 0 Å². The zero-order valence-electron chi connectivity index (χ0n) is 10.5. The van der Waals surface area contributed by atoms with E-state index in [4.69, 9.17) is 5.73 Å². The summed E-state index contributed by atoms with van der Waals surface area (Å²) < 4.78 is 1.78. The number of anilines is 1. The fourth-order valence-electron chi connectivity index (χ4n) is 1.97. The largest absolute Gasteiger partial charge is 0.399 e. The van der Waals surface area contributed by atoms with Gasteiger partial charge in [0, 0.05) is 17.4 Å². The highest BCUT2D eigenvalue weighted by atomic mass is 15.2. The number of aromatic nitrogens is 4. The SMILES string of the molecule is Cc1cc(-n2cnnc2)ncc1-c1ccc(N)cc1. The molecule has 0 saturated carbocycles. The van der Waals surface area contributed by atoms with Crippen molar-refractivity contribution in [3.8, 4) is 16.9 Å². The van der Waals surface area contributed by atoms with Crippen molar-refractivity contribution in [2.45, 2.75) is 6.92 Å². The quantitative estimate of drug-likeness (QED) is 0.709. The van der Waals surface area contributed by atoms with Crippen LogP contribution in [0.3, 0.4) is 0 Å². The highest BCUT2D eigenvalue weighted by molar-refractivity contribution is 5.68. The van der Waals surface area contributed by atoms with Crippen molar-refractivity contribution in [2.24, 2.45) is 0 Å². The van der Waals surface area contributed by atoms with Crippen LogP contribution in [0.1, 0.15) is 5.56 Å². The Kier molecular flexibility index (Phi) is 2.72. The van der Waals surface area contributed by atoms with Crippen LogP contribution in [-0.4, -0.2) is 19.7 Å². The van der Waals surface area contributed by atoms with Gasteiger partial charge in [0.1, 0.15) is 18.5 Å². The summed E-state index contributed by atoms with van der Waals surface area (Å²) in [6.45, 7) is 2.06. The number of hydrogen-bond donors (Lipinski definition) is 1. The minimum Gasteiger partial charge on any atom is -0.399 e. The molecular formula is C14H13N5. The second-order valence-corrected chi connectivity index (χ2v) is 4.35. The minimum atomic E-state index is 0.760. The average Bonchev–Trinajstić information content (AvgIpc) is 2.94. The van der Waals surface area contributed by atoms with Crippen LogP contribution >= 0.6 is 0 Å². The highest BCUT2D eigenvalue weighted by Crippen LogP contribution is 2.24. The van der Waals surface area contributed by atoms with Crippen LogP contribution in [-0.2, 0) is 0 Å². The molecule has 2 aromatic heterocycles. The Morgan fingerprint density at radius 3 is 2.37 bits per heavy atom. The van der Waals surface area contributed by atoms with E-state index in [1.165, 1.54) is 0 Å². The van der Waals surface area contributed by atoms with Crippen LogP contribution in [0.4, 0.5) is 5.69 Å². The van der Waals surface area contributed by atoms with Crippen molar-refractivity contribution in [1.82, 2.24) is 19.7 Å². The standard InChI is InChI=1S/C14H13N5/c1-10-6-14(19-8-17-18-9-19)16-7-13(10)11-2-4-12(15)5-3-11/h2-9H,15H2,1H3. The lowest BCUT2D eigenvalue weighted by Gasteiger charge is -2.08. The van der Waals surface area contributed by atoms with Crippen molar-refractivity contribution in [3.05, 3.63) is 54.7 Å². The molecule has 0 aliphatic rings. The van der Waals surface area contributed by atoms with Crippen LogP contribution in [0, 0.1) is 6.92 Å². The van der Waals surface area contributed by atoms with Gasteiger partial charge < -0.3 is 5.73 Å². The molecule has 0 atom stereocenters. The molecule has 0 unspecified atom stereocenters. The summed E-state index contributed by atoms with van der Waals surface area (Å²) >= 11 is 0. The van der Waals surface area contributed by atoms with E-state index in [9.17, 15) is 0 Å².